The van der Waals surface area contributed by atoms with Crippen molar-refractivity contribution in [1.29, 1.82) is 0 Å². The molecule has 2 aromatic rings. The van der Waals surface area contributed by atoms with Crippen molar-refractivity contribution < 1.29 is 22.7 Å². The summed E-state index contributed by atoms with van der Waals surface area (Å²) in [5, 5.41) is 3.08. The van der Waals surface area contributed by atoms with Gasteiger partial charge in [0, 0.05) is 29.2 Å². The number of hydrogen-bond acceptors (Lipinski definition) is 6. The molecule has 1 aliphatic rings. The monoisotopic (exact) mass is 568 g/mol. The normalized spacial score (nSPS) is 14.8. The average molecular weight is 570 g/mol. The second-order valence-electron chi connectivity index (χ2n) is 7.50. The number of esters is 1. The van der Waals surface area contributed by atoms with E-state index < -0.39 is 16.0 Å². The molecule has 9 nitrogen and oxygen atoms in total. The SMILES string of the molecule is CCOC(=O)c1ccc(NC(=S)NNC(=O)C2CCN(S(=O)(=O)c3ccc(Br)cc3)CC2)cc1. The van der Waals surface area contributed by atoms with Gasteiger partial charge in [-0.05, 0) is 80.5 Å². The van der Waals surface area contributed by atoms with Crippen LogP contribution in [0.4, 0.5) is 5.69 Å². The van der Waals surface area contributed by atoms with Gasteiger partial charge in [0.25, 0.3) is 0 Å². The molecular weight excluding hydrogens is 544 g/mol. The van der Waals surface area contributed by atoms with Crippen LogP contribution in [0.2, 0.25) is 0 Å². The number of rotatable bonds is 6. The Kier molecular flexibility index (Phi) is 9.00. The van der Waals surface area contributed by atoms with E-state index in [1.807, 2.05) is 0 Å². The highest BCUT2D eigenvalue weighted by Gasteiger charge is 2.32. The number of benzene rings is 2. The second-order valence-corrected chi connectivity index (χ2v) is 10.8. The fraction of sp³-hybridized carbons (Fsp3) is 0.318. The summed E-state index contributed by atoms with van der Waals surface area (Å²) in [5.41, 5.74) is 6.28. The predicted octanol–water partition coefficient (Wildman–Crippen LogP) is 3.04. The maximum absolute atomic E-state index is 12.8. The van der Waals surface area contributed by atoms with Crippen LogP contribution in [0.5, 0.6) is 0 Å². The highest BCUT2D eigenvalue weighted by Crippen LogP contribution is 2.25. The molecule has 2 aromatic carbocycles. The van der Waals surface area contributed by atoms with Crippen LogP contribution in [0, 0.1) is 5.92 Å². The van der Waals surface area contributed by atoms with Crippen molar-refractivity contribution >= 4 is 60.8 Å². The van der Waals surface area contributed by atoms with Crippen molar-refractivity contribution in [2.75, 3.05) is 25.0 Å². The number of nitrogens with one attached hydrogen (secondary N) is 3. The molecule has 1 aliphatic heterocycles. The van der Waals surface area contributed by atoms with Gasteiger partial charge in [0.1, 0.15) is 0 Å². The van der Waals surface area contributed by atoms with Gasteiger partial charge in [0.2, 0.25) is 15.9 Å². The Bertz CT molecular complexity index is 1130. The number of ether oxygens (including phenoxy) is 1. The van der Waals surface area contributed by atoms with E-state index in [4.69, 9.17) is 17.0 Å². The summed E-state index contributed by atoms with van der Waals surface area (Å²) in [6.07, 6.45) is 0.803. The number of halogens is 1. The molecule has 0 spiro atoms. The second kappa shape index (κ2) is 11.7. The molecule has 1 amide bonds. The van der Waals surface area contributed by atoms with Crippen LogP contribution in [0.15, 0.2) is 57.9 Å². The van der Waals surface area contributed by atoms with Gasteiger partial charge < -0.3 is 10.1 Å². The largest absolute Gasteiger partial charge is 0.462 e. The number of nitrogens with zero attached hydrogens (tertiary/aromatic N) is 1. The van der Waals surface area contributed by atoms with Crippen molar-refractivity contribution in [2.45, 2.75) is 24.7 Å². The lowest BCUT2D eigenvalue weighted by Gasteiger charge is -2.30. The third-order valence-electron chi connectivity index (χ3n) is 5.23. The Labute approximate surface area is 212 Å². The van der Waals surface area contributed by atoms with Crippen LogP contribution in [-0.4, -0.2) is 49.4 Å². The molecule has 34 heavy (non-hydrogen) atoms. The molecule has 182 valence electrons. The zero-order valence-corrected chi connectivity index (χ0v) is 21.6. The van der Waals surface area contributed by atoms with Crippen molar-refractivity contribution in [2.24, 2.45) is 5.92 Å². The van der Waals surface area contributed by atoms with E-state index in [9.17, 15) is 18.0 Å². The predicted molar refractivity (Wildman–Crippen MR) is 136 cm³/mol. The van der Waals surface area contributed by atoms with Gasteiger partial charge in [-0.1, -0.05) is 15.9 Å². The summed E-state index contributed by atoms with van der Waals surface area (Å²) in [5.74, 6) is -1.00. The first kappa shape index (κ1) is 26.1. The first-order valence-electron chi connectivity index (χ1n) is 10.6. The van der Waals surface area contributed by atoms with E-state index in [1.54, 1.807) is 55.5 Å². The molecular formula is C22H25BrN4O5S2. The molecule has 3 N–H and O–H groups in total. The fourth-order valence-corrected chi connectivity index (χ4v) is 5.30. The van der Waals surface area contributed by atoms with Crippen molar-refractivity contribution in [3.05, 3.63) is 58.6 Å². The molecule has 1 saturated heterocycles. The Balaban J connectivity index is 1.45. The minimum Gasteiger partial charge on any atom is -0.462 e. The highest BCUT2D eigenvalue weighted by atomic mass is 79.9. The lowest BCUT2D eigenvalue weighted by Crippen LogP contribution is -2.49. The highest BCUT2D eigenvalue weighted by molar-refractivity contribution is 9.10. The number of piperidine rings is 1. The first-order valence-corrected chi connectivity index (χ1v) is 13.2. The van der Waals surface area contributed by atoms with Crippen LogP contribution in [0.25, 0.3) is 0 Å². The van der Waals surface area contributed by atoms with Crippen LogP contribution < -0.4 is 16.2 Å². The van der Waals surface area contributed by atoms with Gasteiger partial charge in [-0.3, -0.25) is 15.6 Å². The summed E-state index contributed by atoms with van der Waals surface area (Å²) >= 11 is 8.49. The number of anilines is 1. The minimum absolute atomic E-state index is 0.174. The van der Waals surface area contributed by atoms with Crippen molar-refractivity contribution in [3.8, 4) is 0 Å². The van der Waals surface area contributed by atoms with Gasteiger partial charge in [-0.25, -0.2) is 13.2 Å². The fourth-order valence-electron chi connectivity index (χ4n) is 3.40. The molecule has 0 atom stereocenters. The van der Waals surface area contributed by atoms with E-state index in [1.165, 1.54) is 4.31 Å². The quantitative estimate of drug-likeness (QED) is 0.276. The zero-order valence-electron chi connectivity index (χ0n) is 18.4. The van der Waals surface area contributed by atoms with E-state index >= 15 is 0 Å². The topological polar surface area (TPSA) is 117 Å². The average Bonchev–Trinajstić information content (AvgIpc) is 2.83. The minimum atomic E-state index is -3.59. The number of amides is 1. The third kappa shape index (κ3) is 6.75. The Hall–Kier alpha value is -2.54. The zero-order chi connectivity index (χ0) is 24.7. The molecule has 0 aliphatic carbocycles. The van der Waals surface area contributed by atoms with Gasteiger partial charge in [-0.2, -0.15) is 4.31 Å². The lowest BCUT2D eigenvalue weighted by atomic mass is 9.98. The molecule has 0 unspecified atom stereocenters. The summed E-state index contributed by atoms with van der Waals surface area (Å²) < 4.78 is 32.7. The summed E-state index contributed by atoms with van der Waals surface area (Å²) in [6.45, 7) is 2.55. The third-order valence-corrected chi connectivity index (χ3v) is 7.87. The van der Waals surface area contributed by atoms with Crippen LogP contribution >= 0.6 is 28.1 Å². The molecule has 0 radical (unpaired) electrons. The maximum atomic E-state index is 12.8. The standard InChI is InChI=1S/C22H25BrN4O5S2/c1-2-32-21(29)16-3-7-18(8-4-16)24-22(33)26-25-20(28)15-11-13-27(14-12-15)34(30,31)19-9-5-17(23)6-10-19/h3-10,15H,2,11-14H2,1H3,(H,25,28)(H2,24,26,33). The van der Waals surface area contributed by atoms with Gasteiger partial charge in [0.15, 0.2) is 5.11 Å². The number of thiocarbonyl (C=S) groups is 1. The van der Waals surface area contributed by atoms with Crippen LogP contribution in [0.1, 0.15) is 30.1 Å². The summed E-state index contributed by atoms with van der Waals surface area (Å²) in [6, 6.07) is 13.0. The van der Waals surface area contributed by atoms with Gasteiger partial charge >= 0.3 is 5.97 Å². The summed E-state index contributed by atoms with van der Waals surface area (Å²) in [7, 11) is -3.59. The smallest absolute Gasteiger partial charge is 0.338 e. The number of carbonyl (C=O) groups excluding carboxylic acids is 2. The molecule has 0 saturated carbocycles. The first-order chi connectivity index (χ1) is 16.2. The molecule has 0 bridgehead atoms. The van der Waals surface area contributed by atoms with E-state index in [0.29, 0.717) is 30.7 Å². The molecule has 0 aromatic heterocycles. The molecule has 12 heteroatoms. The number of carbonyl (C=O) groups is 2. The molecule has 1 heterocycles. The van der Waals surface area contributed by atoms with Gasteiger partial charge in [-0.15, -0.1) is 0 Å². The Morgan fingerprint density at radius 1 is 1.06 bits per heavy atom. The lowest BCUT2D eigenvalue weighted by molar-refractivity contribution is -0.126. The van der Waals surface area contributed by atoms with E-state index in [2.05, 4.69) is 32.1 Å². The van der Waals surface area contributed by atoms with Crippen LogP contribution in [-0.2, 0) is 19.6 Å². The molecule has 1 fully saturated rings. The Morgan fingerprint density at radius 2 is 1.68 bits per heavy atom. The van der Waals surface area contributed by atoms with Crippen LogP contribution in [0.3, 0.4) is 0 Å². The Morgan fingerprint density at radius 3 is 2.26 bits per heavy atom. The molecule has 3 rings (SSSR count). The van der Waals surface area contributed by atoms with Crippen molar-refractivity contribution in [1.82, 2.24) is 15.2 Å². The maximum Gasteiger partial charge on any atom is 0.338 e. The number of hydrogen-bond donors (Lipinski definition) is 3. The summed E-state index contributed by atoms with van der Waals surface area (Å²) in [4.78, 5) is 24.4. The number of hydrazine groups is 1. The van der Waals surface area contributed by atoms with E-state index in [-0.39, 0.29) is 34.9 Å². The van der Waals surface area contributed by atoms with E-state index in [0.717, 1.165) is 4.47 Å². The van der Waals surface area contributed by atoms with Crippen molar-refractivity contribution in [3.63, 3.8) is 0 Å². The number of sulfonamides is 1. The van der Waals surface area contributed by atoms with Gasteiger partial charge in [0.05, 0.1) is 17.1 Å².